The Morgan fingerprint density at radius 2 is 1.93 bits per heavy atom. The summed E-state index contributed by atoms with van der Waals surface area (Å²) in [5, 5.41) is 4.94. The predicted molar refractivity (Wildman–Crippen MR) is 110 cm³/mol. The van der Waals surface area contributed by atoms with Gasteiger partial charge in [-0.1, -0.05) is 24.3 Å². The molecule has 0 spiro atoms. The van der Waals surface area contributed by atoms with Crippen LogP contribution in [0.2, 0.25) is 0 Å². The van der Waals surface area contributed by atoms with Crippen molar-refractivity contribution in [2.75, 3.05) is 18.4 Å². The fourth-order valence-corrected chi connectivity index (χ4v) is 5.65. The number of piperidine rings is 1. The number of rotatable bonds is 4. The van der Waals surface area contributed by atoms with Gasteiger partial charge in [0, 0.05) is 18.8 Å². The molecular formula is C17H20N4O3S3. The maximum atomic E-state index is 12.6. The highest BCUT2D eigenvalue weighted by Crippen LogP contribution is 2.26. The Morgan fingerprint density at radius 1 is 1.15 bits per heavy atom. The molecule has 0 aliphatic carbocycles. The molecule has 0 bridgehead atoms. The Labute approximate surface area is 167 Å². The van der Waals surface area contributed by atoms with E-state index in [1.807, 2.05) is 30.3 Å². The number of amides is 1. The monoisotopic (exact) mass is 424 g/mol. The van der Waals surface area contributed by atoms with E-state index < -0.39 is 15.9 Å². The highest BCUT2D eigenvalue weighted by atomic mass is 32.2. The SMILES string of the molecule is O=C(NNC(=S)Nc1ccccc1)C1CCCN(S(=O)(=O)c2cccs2)C1. The van der Waals surface area contributed by atoms with E-state index >= 15 is 0 Å². The number of hydrogen-bond donors (Lipinski definition) is 3. The Morgan fingerprint density at radius 3 is 2.63 bits per heavy atom. The summed E-state index contributed by atoms with van der Waals surface area (Å²) in [5.74, 6) is -0.709. The van der Waals surface area contributed by atoms with E-state index in [0.29, 0.717) is 23.6 Å². The van der Waals surface area contributed by atoms with Crippen LogP contribution in [0.15, 0.2) is 52.1 Å². The quantitative estimate of drug-likeness (QED) is 0.515. The second-order valence-electron chi connectivity index (χ2n) is 6.07. The van der Waals surface area contributed by atoms with E-state index in [4.69, 9.17) is 12.2 Å². The number of sulfonamides is 1. The van der Waals surface area contributed by atoms with Crippen LogP contribution in [-0.4, -0.2) is 36.8 Å². The lowest BCUT2D eigenvalue weighted by atomic mass is 9.99. The summed E-state index contributed by atoms with van der Waals surface area (Å²) >= 11 is 6.33. The normalized spacial score (nSPS) is 17.9. The molecule has 2 aromatic rings. The number of thiophene rings is 1. The maximum absolute atomic E-state index is 12.6. The van der Waals surface area contributed by atoms with E-state index in [1.54, 1.807) is 17.5 Å². The lowest BCUT2D eigenvalue weighted by molar-refractivity contribution is -0.126. The summed E-state index contributed by atoms with van der Waals surface area (Å²) in [5.41, 5.74) is 6.03. The molecule has 3 N–H and O–H groups in total. The van der Waals surface area contributed by atoms with E-state index in [9.17, 15) is 13.2 Å². The number of nitrogens with one attached hydrogen (secondary N) is 3. The van der Waals surface area contributed by atoms with Crippen LogP contribution in [0.1, 0.15) is 12.8 Å². The van der Waals surface area contributed by atoms with Gasteiger partial charge in [0.1, 0.15) is 4.21 Å². The minimum Gasteiger partial charge on any atom is -0.331 e. The van der Waals surface area contributed by atoms with Crippen molar-refractivity contribution < 1.29 is 13.2 Å². The number of carbonyl (C=O) groups is 1. The van der Waals surface area contributed by atoms with Gasteiger partial charge < -0.3 is 5.32 Å². The Balaban J connectivity index is 1.53. The van der Waals surface area contributed by atoms with Crippen LogP contribution in [0.4, 0.5) is 5.69 Å². The molecular weight excluding hydrogens is 404 g/mol. The first-order chi connectivity index (χ1) is 13.0. The first-order valence-electron chi connectivity index (χ1n) is 8.42. The van der Waals surface area contributed by atoms with Gasteiger partial charge in [-0.15, -0.1) is 11.3 Å². The van der Waals surface area contributed by atoms with Gasteiger partial charge in [-0.3, -0.25) is 15.6 Å². The molecule has 10 heteroatoms. The second kappa shape index (κ2) is 8.79. The molecule has 1 atom stereocenters. The summed E-state index contributed by atoms with van der Waals surface area (Å²) in [6.45, 7) is 0.581. The molecule has 144 valence electrons. The fourth-order valence-electron chi connectivity index (χ4n) is 2.82. The molecule has 0 saturated carbocycles. The smallest absolute Gasteiger partial charge is 0.252 e. The average Bonchev–Trinajstić information content (AvgIpc) is 3.23. The van der Waals surface area contributed by atoms with Crippen LogP contribution in [-0.2, 0) is 14.8 Å². The summed E-state index contributed by atoms with van der Waals surface area (Å²) in [6, 6.07) is 12.6. The first-order valence-corrected chi connectivity index (χ1v) is 11.1. The predicted octanol–water partition coefficient (Wildman–Crippen LogP) is 2.17. The minimum atomic E-state index is -3.54. The number of para-hydroxylation sites is 1. The lowest BCUT2D eigenvalue weighted by Crippen LogP contribution is -2.50. The van der Waals surface area contributed by atoms with E-state index in [2.05, 4.69) is 16.2 Å². The van der Waals surface area contributed by atoms with Gasteiger partial charge in [0.25, 0.3) is 10.0 Å². The summed E-state index contributed by atoms with van der Waals surface area (Å²) in [4.78, 5) is 12.4. The number of anilines is 1. The van der Waals surface area contributed by atoms with Gasteiger partial charge in [-0.05, 0) is 48.6 Å². The zero-order valence-corrected chi connectivity index (χ0v) is 16.9. The fraction of sp³-hybridized carbons (Fsp3) is 0.294. The third kappa shape index (κ3) is 5.04. The highest BCUT2D eigenvalue weighted by Gasteiger charge is 2.33. The van der Waals surface area contributed by atoms with Crippen molar-refractivity contribution in [1.82, 2.24) is 15.2 Å². The molecule has 1 unspecified atom stereocenters. The van der Waals surface area contributed by atoms with Gasteiger partial charge in [0.2, 0.25) is 5.91 Å². The highest BCUT2D eigenvalue weighted by molar-refractivity contribution is 7.91. The van der Waals surface area contributed by atoms with Crippen LogP contribution < -0.4 is 16.2 Å². The molecule has 1 saturated heterocycles. The van der Waals surface area contributed by atoms with Crippen LogP contribution >= 0.6 is 23.6 Å². The largest absolute Gasteiger partial charge is 0.331 e. The Hall–Kier alpha value is -2.01. The summed E-state index contributed by atoms with van der Waals surface area (Å²) in [6.07, 6.45) is 1.26. The van der Waals surface area contributed by atoms with E-state index in [-0.39, 0.29) is 17.6 Å². The average molecular weight is 425 g/mol. The summed E-state index contributed by atoms with van der Waals surface area (Å²) in [7, 11) is -3.54. The Kier molecular flexibility index (Phi) is 6.42. The number of thiocarbonyl (C=S) groups is 1. The second-order valence-corrected chi connectivity index (χ2v) is 9.59. The number of carbonyl (C=O) groups excluding carboxylic acids is 1. The maximum Gasteiger partial charge on any atom is 0.252 e. The summed E-state index contributed by atoms with van der Waals surface area (Å²) < 4.78 is 27.0. The van der Waals surface area contributed by atoms with E-state index in [0.717, 1.165) is 5.69 Å². The molecule has 2 heterocycles. The molecule has 0 radical (unpaired) electrons. The topological polar surface area (TPSA) is 90.5 Å². The van der Waals surface area contributed by atoms with Crippen molar-refractivity contribution in [2.24, 2.45) is 5.92 Å². The number of hydrazine groups is 1. The van der Waals surface area contributed by atoms with Crippen LogP contribution in [0, 0.1) is 5.92 Å². The first kappa shape index (κ1) is 19.7. The van der Waals surface area contributed by atoms with Crippen molar-refractivity contribution in [3.63, 3.8) is 0 Å². The molecule has 1 aliphatic heterocycles. The molecule has 1 amide bonds. The van der Waals surface area contributed by atoms with Crippen molar-refractivity contribution in [3.8, 4) is 0 Å². The standard InChI is InChI=1S/C17H20N4O3S3/c22-16(19-20-17(25)18-14-7-2-1-3-8-14)13-6-4-10-21(12-13)27(23,24)15-9-5-11-26-15/h1-3,5,7-9,11,13H,4,6,10,12H2,(H,19,22)(H2,18,20,25). The zero-order chi connectivity index (χ0) is 19.3. The molecule has 1 aromatic heterocycles. The minimum absolute atomic E-state index is 0.159. The van der Waals surface area contributed by atoms with Crippen molar-refractivity contribution in [2.45, 2.75) is 17.1 Å². The molecule has 1 aromatic carbocycles. The molecule has 1 fully saturated rings. The zero-order valence-electron chi connectivity index (χ0n) is 14.4. The lowest BCUT2D eigenvalue weighted by Gasteiger charge is -2.30. The van der Waals surface area contributed by atoms with Crippen LogP contribution in [0.25, 0.3) is 0 Å². The molecule has 3 rings (SSSR count). The van der Waals surface area contributed by atoms with Gasteiger partial charge in [-0.2, -0.15) is 4.31 Å². The van der Waals surface area contributed by atoms with Gasteiger partial charge in [0.15, 0.2) is 5.11 Å². The van der Waals surface area contributed by atoms with Gasteiger partial charge in [-0.25, -0.2) is 8.42 Å². The van der Waals surface area contributed by atoms with Crippen LogP contribution in [0.3, 0.4) is 0 Å². The van der Waals surface area contributed by atoms with E-state index in [1.165, 1.54) is 15.6 Å². The van der Waals surface area contributed by atoms with Crippen molar-refractivity contribution in [1.29, 1.82) is 0 Å². The number of benzene rings is 1. The van der Waals surface area contributed by atoms with Crippen LogP contribution in [0.5, 0.6) is 0 Å². The number of nitrogens with zero attached hydrogens (tertiary/aromatic N) is 1. The Bertz CT molecular complexity index is 885. The molecule has 27 heavy (non-hydrogen) atoms. The van der Waals surface area contributed by atoms with Crippen molar-refractivity contribution in [3.05, 3.63) is 47.8 Å². The van der Waals surface area contributed by atoms with Gasteiger partial charge in [0.05, 0.1) is 5.92 Å². The molecule has 1 aliphatic rings. The third-order valence-electron chi connectivity index (χ3n) is 4.18. The number of hydrogen-bond acceptors (Lipinski definition) is 5. The van der Waals surface area contributed by atoms with Crippen molar-refractivity contribution >= 4 is 50.3 Å². The third-order valence-corrected chi connectivity index (χ3v) is 7.62. The van der Waals surface area contributed by atoms with Gasteiger partial charge >= 0.3 is 0 Å². The molecule has 7 nitrogen and oxygen atoms in total.